The van der Waals surface area contributed by atoms with Gasteiger partial charge in [-0.1, -0.05) is 17.7 Å². The average molecular weight is 368 g/mol. The lowest BCUT2D eigenvalue weighted by molar-refractivity contribution is -0.137. The summed E-state index contributed by atoms with van der Waals surface area (Å²) in [5.41, 5.74) is -0.530. The van der Waals surface area contributed by atoms with E-state index < -0.39 is 17.7 Å². The van der Waals surface area contributed by atoms with Crippen molar-refractivity contribution in [2.24, 2.45) is 0 Å². The second-order valence-electron chi connectivity index (χ2n) is 5.06. The molecule has 0 bridgehead atoms. The number of hydrogen-bond acceptors (Lipinski definition) is 4. The Balaban J connectivity index is 2.16. The number of fused-ring (bicyclic) bond motifs is 1. The highest BCUT2D eigenvalue weighted by Gasteiger charge is 2.30. The van der Waals surface area contributed by atoms with Crippen molar-refractivity contribution < 1.29 is 23.1 Å². The van der Waals surface area contributed by atoms with Gasteiger partial charge in [0.1, 0.15) is 16.2 Å². The van der Waals surface area contributed by atoms with E-state index in [0.717, 1.165) is 18.3 Å². The van der Waals surface area contributed by atoms with Gasteiger partial charge in [-0.3, -0.25) is 4.98 Å². The van der Waals surface area contributed by atoms with Crippen LogP contribution in [0.25, 0.3) is 11.0 Å². The van der Waals surface area contributed by atoms with E-state index in [4.69, 9.17) is 11.6 Å². The SMILES string of the molecule is O=C(O)c1cnc2ccc(Cl)nc2c1Nc1cccc(C(F)(F)F)c1. The van der Waals surface area contributed by atoms with E-state index in [1.54, 1.807) is 0 Å². The summed E-state index contributed by atoms with van der Waals surface area (Å²) in [7, 11) is 0. The van der Waals surface area contributed by atoms with Crippen LogP contribution in [0.2, 0.25) is 5.15 Å². The highest BCUT2D eigenvalue weighted by Crippen LogP contribution is 2.33. The molecule has 0 unspecified atom stereocenters. The van der Waals surface area contributed by atoms with Crippen LogP contribution in [0.4, 0.5) is 24.5 Å². The maximum absolute atomic E-state index is 12.9. The number of nitrogens with one attached hydrogen (secondary N) is 1. The van der Waals surface area contributed by atoms with Gasteiger partial charge in [0.2, 0.25) is 0 Å². The average Bonchev–Trinajstić information content (AvgIpc) is 2.54. The standard InChI is InChI=1S/C16H9ClF3N3O2/c17-12-5-4-11-14(23-12)13(10(7-21-11)15(24)25)22-9-3-1-2-8(6-9)16(18,19)20/h1-7H,(H,21,22)(H,24,25). The fourth-order valence-electron chi connectivity index (χ4n) is 2.25. The molecule has 0 amide bonds. The molecular weight excluding hydrogens is 359 g/mol. The number of rotatable bonds is 3. The van der Waals surface area contributed by atoms with Crippen LogP contribution in [0, 0.1) is 0 Å². The van der Waals surface area contributed by atoms with Crippen molar-refractivity contribution in [3.63, 3.8) is 0 Å². The predicted molar refractivity (Wildman–Crippen MR) is 86.2 cm³/mol. The third-order valence-electron chi connectivity index (χ3n) is 3.37. The van der Waals surface area contributed by atoms with E-state index in [-0.39, 0.29) is 27.6 Å². The number of carbonyl (C=O) groups is 1. The molecule has 0 spiro atoms. The second kappa shape index (κ2) is 6.21. The summed E-state index contributed by atoms with van der Waals surface area (Å²) in [4.78, 5) is 19.5. The molecule has 0 fully saturated rings. The summed E-state index contributed by atoms with van der Waals surface area (Å²) < 4.78 is 38.6. The molecule has 0 aliphatic heterocycles. The minimum atomic E-state index is -4.52. The Kier molecular flexibility index (Phi) is 4.22. The number of nitrogens with zero attached hydrogens (tertiary/aromatic N) is 2. The van der Waals surface area contributed by atoms with Crippen LogP contribution in [0.1, 0.15) is 15.9 Å². The summed E-state index contributed by atoms with van der Waals surface area (Å²) in [5, 5.41) is 12.1. The van der Waals surface area contributed by atoms with Crippen molar-refractivity contribution in [2.75, 3.05) is 5.32 Å². The van der Waals surface area contributed by atoms with Crippen LogP contribution >= 0.6 is 11.6 Å². The Bertz CT molecular complexity index is 976. The number of carboxylic acid groups (broad SMARTS) is 1. The minimum absolute atomic E-state index is 0.0133. The molecule has 3 aromatic rings. The summed E-state index contributed by atoms with van der Waals surface area (Å²) in [6.07, 6.45) is -3.41. The Hall–Kier alpha value is -2.87. The van der Waals surface area contributed by atoms with Crippen LogP contribution < -0.4 is 5.32 Å². The molecule has 0 atom stereocenters. The lowest BCUT2D eigenvalue weighted by atomic mass is 10.1. The van der Waals surface area contributed by atoms with Crippen LogP contribution in [0.15, 0.2) is 42.6 Å². The molecule has 2 heterocycles. The van der Waals surface area contributed by atoms with E-state index in [2.05, 4.69) is 15.3 Å². The zero-order valence-electron chi connectivity index (χ0n) is 12.3. The Labute approximate surface area is 144 Å². The van der Waals surface area contributed by atoms with Crippen LogP contribution in [0.3, 0.4) is 0 Å². The highest BCUT2D eigenvalue weighted by atomic mass is 35.5. The van der Waals surface area contributed by atoms with Gasteiger partial charge in [0.25, 0.3) is 0 Å². The first kappa shape index (κ1) is 17.0. The van der Waals surface area contributed by atoms with Gasteiger partial charge >= 0.3 is 12.1 Å². The zero-order chi connectivity index (χ0) is 18.2. The van der Waals surface area contributed by atoms with Crippen LogP contribution in [-0.2, 0) is 6.18 Å². The predicted octanol–water partition coefficient (Wildman–Crippen LogP) is 4.74. The van der Waals surface area contributed by atoms with Gasteiger partial charge in [-0.05, 0) is 30.3 Å². The van der Waals surface area contributed by atoms with E-state index >= 15 is 0 Å². The van der Waals surface area contributed by atoms with Crippen molar-refractivity contribution in [1.82, 2.24) is 9.97 Å². The summed E-state index contributed by atoms with van der Waals surface area (Å²) in [6, 6.07) is 7.41. The summed E-state index contributed by atoms with van der Waals surface area (Å²) in [6.45, 7) is 0. The quantitative estimate of drug-likeness (QED) is 0.654. The van der Waals surface area contributed by atoms with Gasteiger partial charge in [0.15, 0.2) is 0 Å². The maximum atomic E-state index is 12.9. The number of carboxylic acids is 1. The normalized spacial score (nSPS) is 11.5. The molecule has 2 N–H and O–H groups in total. The molecule has 1 aromatic carbocycles. The molecule has 0 aliphatic carbocycles. The van der Waals surface area contributed by atoms with Gasteiger partial charge in [0, 0.05) is 11.9 Å². The Morgan fingerprint density at radius 3 is 2.64 bits per heavy atom. The number of pyridine rings is 2. The van der Waals surface area contributed by atoms with Crippen molar-refractivity contribution in [3.05, 3.63) is 58.9 Å². The van der Waals surface area contributed by atoms with Crippen LogP contribution in [-0.4, -0.2) is 21.0 Å². The van der Waals surface area contributed by atoms with Gasteiger partial charge < -0.3 is 10.4 Å². The second-order valence-corrected chi connectivity index (χ2v) is 5.44. The maximum Gasteiger partial charge on any atom is 0.416 e. The molecule has 0 saturated heterocycles. The minimum Gasteiger partial charge on any atom is -0.478 e. The molecule has 25 heavy (non-hydrogen) atoms. The molecule has 2 aromatic heterocycles. The number of aromatic carboxylic acids is 1. The van der Waals surface area contributed by atoms with Gasteiger partial charge in [-0.25, -0.2) is 9.78 Å². The number of anilines is 2. The van der Waals surface area contributed by atoms with Gasteiger partial charge in [0.05, 0.1) is 16.8 Å². The number of benzene rings is 1. The molecule has 0 radical (unpaired) electrons. The fourth-order valence-corrected chi connectivity index (χ4v) is 2.40. The summed E-state index contributed by atoms with van der Waals surface area (Å²) >= 11 is 5.85. The lowest BCUT2D eigenvalue weighted by Crippen LogP contribution is -2.08. The number of halogens is 4. The molecule has 9 heteroatoms. The Morgan fingerprint density at radius 2 is 1.96 bits per heavy atom. The zero-order valence-corrected chi connectivity index (χ0v) is 13.1. The van der Waals surface area contributed by atoms with Gasteiger partial charge in [-0.2, -0.15) is 13.2 Å². The van der Waals surface area contributed by atoms with Crippen LogP contribution in [0.5, 0.6) is 0 Å². The summed E-state index contributed by atoms with van der Waals surface area (Å²) in [5.74, 6) is -1.30. The van der Waals surface area contributed by atoms with Crippen molar-refractivity contribution in [3.8, 4) is 0 Å². The van der Waals surface area contributed by atoms with E-state index in [0.29, 0.717) is 5.52 Å². The molecule has 0 saturated carbocycles. The fraction of sp³-hybridized carbons (Fsp3) is 0.0625. The number of aromatic nitrogens is 2. The van der Waals surface area contributed by atoms with Gasteiger partial charge in [-0.15, -0.1) is 0 Å². The molecule has 3 rings (SSSR count). The van der Waals surface area contributed by atoms with E-state index in [1.807, 2.05) is 0 Å². The molecule has 128 valence electrons. The highest BCUT2D eigenvalue weighted by molar-refractivity contribution is 6.30. The largest absolute Gasteiger partial charge is 0.478 e. The number of hydrogen-bond donors (Lipinski definition) is 2. The smallest absolute Gasteiger partial charge is 0.416 e. The molecular formula is C16H9ClF3N3O2. The third-order valence-corrected chi connectivity index (χ3v) is 3.58. The van der Waals surface area contributed by atoms with E-state index in [1.165, 1.54) is 24.3 Å². The first-order chi connectivity index (χ1) is 11.8. The monoisotopic (exact) mass is 367 g/mol. The van der Waals surface area contributed by atoms with Crippen molar-refractivity contribution in [2.45, 2.75) is 6.18 Å². The molecule has 0 aliphatic rings. The van der Waals surface area contributed by atoms with Crippen molar-refractivity contribution >= 4 is 40.0 Å². The third kappa shape index (κ3) is 3.48. The number of alkyl halides is 3. The Morgan fingerprint density at radius 1 is 1.20 bits per heavy atom. The first-order valence-corrected chi connectivity index (χ1v) is 7.26. The first-order valence-electron chi connectivity index (χ1n) is 6.88. The van der Waals surface area contributed by atoms with E-state index in [9.17, 15) is 23.1 Å². The van der Waals surface area contributed by atoms with Crippen molar-refractivity contribution in [1.29, 1.82) is 0 Å². The molecule has 5 nitrogen and oxygen atoms in total. The topological polar surface area (TPSA) is 75.1 Å². The lowest BCUT2D eigenvalue weighted by Gasteiger charge is -2.14.